The second-order valence-corrected chi connectivity index (χ2v) is 7.00. The number of aromatic hydroxyl groups is 1. The Morgan fingerprint density at radius 1 is 1.24 bits per heavy atom. The zero-order valence-corrected chi connectivity index (χ0v) is 17.3. The standard InChI is InChI=1S/C22H17N5O6/c1-13-24-19-5-3-2-4-17(19)22(30)26(13)33-12-21(29)25-23-11-18-16-8-7-15(27(31)32)10-14(16)6-9-20(18)28/h2-11,28H,12H2,1H3,(H,25,29)/b23-11+. The van der Waals surface area contributed by atoms with Gasteiger partial charge in [-0.15, -0.1) is 4.73 Å². The van der Waals surface area contributed by atoms with Crippen LogP contribution in [0.25, 0.3) is 21.7 Å². The fraction of sp³-hybridized carbons (Fsp3) is 0.0909. The van der Waals surface area contributed by atoms with Crippen LogP contribution in [0.5, 0.6) is 5.75 Å². The van der Waals surface area contributed by atoms with Gasteiger partial charge in [-0.05, 0) is 42.0 Å². The van der Waals surface area contributed by atoms with Crippen LogP contribution in [0.4, 0.5) is 5.69 Å². The molecule has 0 aliphatic carbocycles. The third-order valence-electron chi connectivity index (χ3n) is 4.84. The van der Waals surface area contributed by atoms with Gasteiger partial charge in [-0.3, -0.25) is 19.7 Å². The lowest BCUT2D eigenvalue weighted by molar-refractivity contribution is -0.384. The van der Waals surface area contributed by atoms with E-state index in [-0.39, 0.29) is 22.8 Å². The van der Waals surface area contributed by atoms with Gasteiger partial charge in [0, 0.05) is 17.7 Å². The van der Waals surface area contributed by atoms with Crippen LogP contribution in [-0.2, 0) is 4.79 Å². The number of carbonyl (C=O) groups excluding carboxylic acids is 1. The van der Waals surface area contributed by atoms with E-state index in [2.05, 4.69) is 15.5 Å². The molecule has 11 nitrogen and oxygen atoms in total. The molecule has 1 heterocycles. The highest BCUT2D eigenvalue weighted by Gasteiger charge is 2.12. The van der Waals surface area contributed by atoms with Gasteiger partial charge in [0.25, 0.3) is 17.2 Å². The summed E-state index contributed by atoms with van der Waals surface area (Å²) in [6.45, 7) is 1.07. The number of nitrogens with one attached hydrogen (secondary N) is 1. The molecule has 166 valence electrons. The van der Waals surface area contributed by atoms with Gasteiger partial charge in [0.2, 0.25) is 0 Å². The summed E-state index contributed by atoms with van der Waals surface area (Å²) >= 11 is 0. The molecule has 1 aromatic heterocycles. The van der Waals surface area contributed by atoms with E-state index < -0.39 is 23.0 Å². The topological polar surface area (TPSA) is 149 Å². The third-order valence-corrected chi connectivity index (χ3v) is 4.84. The summed E-state index contributed by atoms with van der Waals surface area (Å²) in [5.74, 6) is -0.485. The van der Waals surface area contributed by atoms with Crippen molar-refractivity contribution in [2.45, 2.75) is 6.92 Å². The van der Waals surface area contributed by atoms with E-state index in [1.54, 1.807) is 37.3 Å². The van der Waals surface area contributed by atoms with Crippen molar-refractivity contribution in [3.63, 3.8) is 0 Å². The predicted molar refractivity (Wildman–Crippen MR) is 120 cm³/mol. The first-order valence-corrected chi connectivity index (χ1v) is 9.69. The van der Waals surface area contributed by atoms with Crippen LogP contribution < -0.4 is 15.8 Å². The largest absolute Gasteiger partial charge is 0.507 e. The maximum absolute atomic E-state index is 12.6. The maximum Gasteiger partial charge on any atom is 0.294 e. The number of amides is 1. The second kappa shape index (κ2) is 8.75. The monoisotopic (exact) mass is 447 g/mol. The molecule has 0 unspecified atom stereocenters. The van der Waals surface area contributed by atoms with E-state index in [1.165, 1.54) is 30.5 Å². The van der Waals surface area contributed by atoms with Crippen LogP contribution in [0.3, 0.4) is 0 Å². The van der Waals surface area contributed by atoms with Crippen LogP contribution in [0, 0.1) is 17.0 Å². The first kappa shape index (κ1) is 21.4. The lowest BCUT2D eigenvalue weighted by atomic mass is 10.0. The van der Waals surface area contributed by atoms with Gasteiger partial charge in [-0.25, -0.2) is 10.4 Å². The van der Waals surface area contributed by atoms with Crippen molar-refractivity contribution >= 4 is 39.5 Å². The van der Waals surface area contributed by atoms with E-state index >= 15 is 0 Å². The molecular formula is C22H17N5O6. The van der Waals surface area contributed by atoms with Gasteiger partial charge >= 0.3 is 0 Å². The number of rotatable bonds is 6. The maximum atomic E-state index is 12.6. The molecule has 33 heavy (non-hydrogen) atoms. The smallest absolute Gasteiger partial charge is 0.294 e. The fourth-order valence-corrected chi connectivity index (χ4v) is 3.28. The summed E-state index contributed by atoms with van der Waals surface area (Å²) in [7, 11) is 0. The number of aromatic nitrogens is 2. The number of fused-ring (bicyclic) bond motifs is 2. The molecule has 11 heteroatoms. The quantitative estimate of drug-likeness (QED) is 0.261. The van der Waals surface area contributed by atoms with Crippen molar-refractivity contribution in [2.75, 3.05) is 6.61 Å². The highest BCUT2D eigenvalue weighted by molar-refractivity contribution is 6.03. The molecule has 0 spiro atoms. The molecule has 4 rings (SSSR count). The van der Waals surface area contributed by atoms with Gasteiger partial charge in [0.1, 0.15) is 11.6 Å². The van der Waals surface area contributed by atoms with E-state index in [9.17, 15) is 24.8 Å². The Morgan fingerprint density at radius 2 is 2.03 bits per heavy atom. The molecule has 0 radical (unpaired) electrons. The lowest BCUT2D eigenvalue weighted by Crippen LogP contribution is -2.35. The van der Waals surface area contributed by atoms with Crippen LogP contribution in [0.2, 0.25) is 0 Å². The molecule has 4 aromatic rings. The Hall–Kier alpha value is -4.80. The van der Waals surface area contributed by atoms with E-state index in [0.29, 0.717) is 21.7 Å². The van der Waals surface area contributed by atoms with Crippen LogP contribution in [0.1, 0.15) is 11.4 Å². The molecule has 0 atom stereocenters. The normalized spacial score (nSPS) is 11.2. The average molecular weight is 447 g/mol. The number of hydrogen-bond donors (Lipinski definition) is 2. The Bertz CT molecular complexity index is 1490. The Kier molecular flexibility index (Phi) is 5.68. The summed E-state index contributed by atoms with van der Waals surface area (Å²) in [4.78, 5) is 44.7. The number of benzene rings is 3. The van der Waals surface area contributed by atoms with Gasteiger partial charge in [0.05, 0.1) is 22.0 Å². The summed E-state index contributed by atoms with van der Waals surface area (Å²) < 4.78 is 0.940. The van der Waals surface area contributed by atoms with E-state index in [0.717, 1.165) is 4.73 Å². The number of phenols is 1. The number of para-hydroxylation sites is 1. The van der Waals surface area contributed by atoms with Crippen molar-refractivity contribution in [2.24, 2.45) is 5.10 Å². The van der Waals surface area contributed by atoms with Gasteiger partial charge < -0.3 is 9.94 Å². The zero-order chi connectivity index (χ0) is 23.5. The van der Waals surface area contributed by atoms with Crippen molar-refractivity contribution < 1.29 is 19.7 Å². The summed E-state index contributed by atoms with van der Waals surface area (Å²) in [6.07, 6.45) is 1.22. The highest BCUT2D eigenvalue weighted by atomic mass is 16.7. The SMILES string of the molecule is Cc1nc2ccccc2c(=O)n1OCC(=O)N/N=C/c1c(O)ccc2cc([N+](=O)[O-])ccc12. The third kappa shape index (κ3) is 4.32. The summed E-state index contributed by atoms with van der Waals surface area (Å²) in [5, 5.41) is 26.3. The molecule has 1 amide bonds. The minimum Gasteiger partial charge on any atom is -0.507 e. The van der Waals surface area contributed by atoms with Crippen LogP contribution in [-0.4, -0.2) is 38.5 Å². The number of hydrazone groups is 1. The number of carbonyl (C=O) groups is 1. The number of non-ortho nitro benzene ring substituents is 1. The molecule has 0 saturated carbocycles. The number of nitro benzene ring substituents is 1. The number of aryl methyl sites for hydroxylation is 1. The minimum absolute atomic E-state index is 0.0877. The predicted octanol–water partition coefficient (Wildman–Crippen LogP) is 2.05. The van der Waals surface area contributed by atoms with Gasteiger partial charge in [-0.2, -0.15) is 5.10 Å². The van der Waals surface area contributed by atoms with Crippen molar-refractivity contribution in [3.05, 3.63) is 86.5 Å². The van der Waals surface area contributed by atoms with E-state index in [4.69, 9.17) is 4.84 Å². The number of phenolic OH excluding ortho intramolecular Hbond substituents is 1. The van der Waals surface area contributed by atoms with Gasteiger partial charge in [0.15, 0.2) is 6.61 Å². The van der Waals surface area contributed by atoms with Crippen molar-refractivity contribution in [1.29, 1.82) is 0 Å². The molecule has 3 aromatic carbocycles. The minimum atomic E-state index is -0.652. The molecule has 0 saturated heterocycles. The Balaban J connectivity index is 1.48. The van der Waals surface area contributed by atoms with Crippen molar-refractivity contribution in [1.82, 2.24) is 15.1 Å². The number of nitrogens with zero attached hydrogens (tertiary/aromatic N) is 4. The molecule has 0 bridgehead atoms. The lowest BCUT2D eigenvalue weighted by Gasteiger charge is -2.11. The fourth-order valence-electron chi connectivity index (χ4n) is 3.28. The second-order valence-electron chi connectivity index (χ2n) is 7.00. The molecule has 0 aliphatic heterocycles. The molecule has 0 aliphatic rings. The van der Waals surface area contributed by atoms with E-state index in [1.807, 2.05) is 0 Å². The number of hydrogen-bond acceptors (Lipinski definition) is 8. The number of nitro groups is 1. The van der Waals surface area contributed by atoms with Gasteiger partial charge in [-0.1, -0.05) is 18.2 Å². The highest BCUT2D eigenvalue weighted by Crippen LogP contribution is 2.28. The van der Waals surface area contributed by atoms with Crippen molar-refractivity contribution in [3.8, 4) is 5.75 Å². The average Bonchev–Trinajstić information content (AvgIpc) is 2.80. The Labute approximate surface area is 185 Å². The Morgan fingerprint density at radius 3 is 2.82 bits per heavy atom. The molecule has 2 N–H and O–H groups in total. The molecule has 0 fully saturated rings. The zero-order valence-electron chi connectivity index (χ0n) is 17.3. The summed E-state index contributed by atoms with van der Waals surface area (Å²) in [6, 6.07) is 13.9. The molecular weight excluding hydrogens is 430 g/mol. The first-order chi connectivity index (χ1) is 15.8. The van der Waals surface area contributed by atoms with Crippen LogP contribution in [0.15, 0.2) is 64.5 Å². The summed E-state index contributed by atoms with van der Waals surface area (Å²) in [5.41, 5.74) is 2.52. The first-order valence-electron chi connectivity index (χ1n) is 9.69. The van der Waals surface area contributed by atoms with Crippen LogP contribution >= 0.6 is 0 Å².